The van der Waals surface area contributed by atoms with Gasteiger partial charge in [-0.25, -0.2) is 4.39 Å². The SMILES string of the molecule is CCc1ccc(C(=O)CCC(=O)NC(c2ccc(F)cc2)c2cccs2)cc1. The van der Waals surface area contributed by atoms with Crippen LogP contribution in [-0.2, 0) is 11.2 Å². The van der Waals surface area contributed by atoms with Crippen molar-refractivity contribution in [3.8, 4) is 0 Å². The maximum absolute atomic E-state index is 13.3. The summed E-state index contributed by atoms with van der Waals surface area (Å²) in [6, 6.07) is 17.1. The number of hydrogen-bond acceptors (Lipinski definition) is 3. The summed E-state index contributed by atoms with van der Waals surface area (Å²) in [6.45, 7) is 2.06. The largest absolute Gasteiger partial charge is 0.344 e. The molecule has 0 radical (unpaired) electrons. The van der Waals surface area contributed by atoms with Gasteiger partial charge >= 0.3 is 0 Å². The zero-order valence-corrected chi connectivity index (χ0v) is 16.5. The van der Waals surface area contributed by atoms with Gasteiger partial charge in [0.2, 0.25) is 5.91 Å². The Morgan fingerprint density at radius 3 is 2.32 bits per heavy atom. The van der Waals surface area contributed by atoms with E-state index in [1.807, 2.05) is 41.8 Å². The molecule has 0 saturated heterocycles. The van der Waals surface area contributed by atoms with Crippen LogP contribution in [0.1, 0.15) is 52.2 Å². The van der Waals surface area contributed by atoms with Crippen molar-refractivity contribution in [1.82, 2.24) is 5.32 Å². The van der Waals surface area contributed by atoms with Gasteiger partial charge in [0.05, 0.1) is 6.04 Å². The van der Waals surface area contributed by atoms with Gasteiger partial charge in [-0.1, -0.05) is 49.4 Å². The number of Topliss-reactive ketones (excluding diaryl/α,β-unsaturated/α-hetero) is 1. The molecule has 1 N–H and O–H groups in total. The van der Waals surface area contributed by atoms with Crippen LogP contribution >= 0.6 is 11.3 Å². The normalized spacial score (nSPS) is 11.8. The van der Waals surface area contributed by atoms with E-state index < -0.39 is 0 Å². The molecule has 1 amide bonds. The average molecular weight is 395 g/mol. The lowest BCUT2D eigenvalue weighted by Gasteiger charge is -2.18. The Kier molecular flexibility index (Phi) is 6.71. The molecule has 2 aromatic carbocycles. The molecule has 3 rings (SSSR count). The minimum absolute atomic E-state index is 0.0488. The summed E-state index contributed by atoms with van der Waals surface area (Å²) in [4.78, 5) is 25.8. The number of carbonyl (C=O) groups excluding carboxylic acids is 2. The first-order chi connectivity index (χ1) is 13.6. The molecule has 0 aliphatic heterocycles. The van der Waals surface area contributed by atoms with Gasteiger partial charge < -0.3 is 5.32 Å². The fourth-order valence-corrected chi connectivity index (χ4v) is 3.76. The molecule has 1 unspecified atom stereocenters. The Morgan fingerprint density at radius 2 is 1.71 bits per heavy atom. The summed E-state index contributed by atoms with van der Waals surface area (Å²) in [7, 11) is 0. The molecule has 5 heteroatoms. The summed E-state index contributed by atoms with van der Waals surface area (Å²) in [6.07, 6.45) is 1.18. The van der Waals surface area contributed by atoms with Crippen molar-refractivity contribution < 1.29 is 14.0 Å². The summed E-state index contributed by atoms with van der Waals surface area (Å²) in [5, 5.41) is 4.91. The molecule has 3 nitrogen and oxygen atoms in total. The summed E-state index contributed by atoms with van der Waals surface area (Å²) in [5.74, 6) is -0.576. The molecule has 0 saturated carbocycles. The smallest absolute Gasteiger partial charge is 0.221 e. The van der Waals surface area contributed by atoms with E-state index in [9.17, 15) is 14.0 Å². The number of hydrogen-bond donors (Lipinski definition) is 1. The van der Waals surface area contributed by atoms with Crippen LogP contribution in [0.5, 0.6) is 0 Å². The van der Waals surface area contributed by atoms with Crippen LogP contribution in [0.3, 0.4) is 0 Å². The van der Waals surface area contributed by atoms with Crippen LogP contribution in [0.2, 0.25) is 0 Å². The molecular formula is C23H22FNO2S. The summed E-state index contributed by atoms with van der Waals surface area (Å²) >= 11 is 1.52. The molecule has 1 aromatic heterocycles. The molecule has 0 spiro atoms. The van der Waals surface area contributed by atoms with E-state index in [0.717, 1.165) is 16.9 Å². The van der Waals surface area contributed by atoms with Crippen LogP contribution in [0, 0.1) is 5.82 Å². The van der Waals surface area contributed by atoms with Gasteiger partial charge in [-0.3, -0.25) is 9.59 Å². The number of halogens is 1. The first-order valence-corrected chi connectivity index (χ1v) is 10.1. The van der Waals surface area contributed by atoms with E-state index in [1.54, 1.807) is 12.1 Å². The van der Waals surface area contributed by atoms with Gasteiger partial charge in [-0.15, -0.1) is 11.3 Å². The number of nitrogens with one attached hydrogen (secondary N) is 1. The highest BCUT2D eigenvalue weighted by Gasteiger charge is 2.19. The van der Waals surface area contributed by atoms with Crippen LogP contribution < -0.4 is 5.32 Å². The second-order valence-corrected chi connectivity index (χ2v) is 7.52. The number of rotatable bonds is 8. The Labute approximate surface area is 168 Å². The quantitative estimate of drug-likeness (QED) is 0.525. The van der Waals surface area contributed by atoms with E-state index in [4.69, 9.17) is 0 Å². The Bertz CT molecular complexity index is 918. The number of thiophene rings is 1. The van der Waals surface area contributed by atoms with Crippen molar-refractivity contribution in [2.75, 3.05) is 0 Å². The third kappa shape index (κ3) is 5.14. The molecule has 1 heterocycles. The van der Waals surface area contributed by atoms with E-state index in [-0.39, 0.29) is 36.4 Å². The summed E-state index contributed by atoms with van der Waals surface area (Å²) < 4.78 is 13.3. The van der Waals surface area contributed by atoms with Gasteiger partial charge in [-0.05, 0) is 41.1 Å². The fraction of sp³-hybridized carbons (Fsp3) is 0.217. The molecule has 3 aromatic rings. The van der Waals surface area contributed by atoms with E-state index in [0.29, 0.717) is 5.56 Å². The second-order valence-electron chi connectivity index (χ2n) is 6.54. The standard InChI is InChI=1S/C23H22FNO2S/c1-2-16-5-7-17(8-6-16)20(26)13-14-22(27)25-23(21-4-3-15-28-21)18-9-11-19(24)12-10-18/h3-12,15,23H,2,13-14H2,1H3,(H,25,27). The molecule has 0 aliphatic carbocycles. The third-order valence-corrected chi connectivity index (χ3v) is 5.54. The highest BCUT2D eigenvalue weighted by molar-refractivity contribution is 7.10. The zero-order valence-electron chi connectivity index (χ0n) is 15.7. The molecule has 144 valence electrons. The van der Waals surface area contributed by atoms with E-state index >= 15 is 0 Å². The van der Waals surface area contributed by atoms with Gasteiger partial charge in [0, 0.05) is 23.3 Å². The van der Waals surface area contributed by atoms with Gasteiger partial charge in [0.1, 0.15) is 5.82 Å². The maximum Gasteiger partial charge on any atom is 0.221 e. The predicted molar refractivity (Wildman–Crippen MR) is 110 cm³/mol. The first kappa shape index (κ1) is 20.0. The third-order valence-electron chi connectivity index (χ3n) is 4.60. The van der Waals surface area contributed by atoms with Gasteiger partial charge in [0.25, 0.3) is 0 Å². The topological polar surface area (TPSA) is 46.2 Å². The van der Waals surface area contributed by atoms with E-state index in [2.05, 4.69) is 12.2 Å². The van der Waals surface area contributed by atoms with Crippen molar-refractivity contribution >= 4 is 23.0 Å². The predicted octanol–water partition coefficient (Wildman–Crippen LogP) is 5.32. The Balaban J connectivity index is 1.63. The fourth-order valence-electron chi connectivity index (χ4n) is 2.96. The summed E-state index contributed by atoms with van der Waals surface area (Å²) in [5.41, 5.74) is 2.60. The van der Waals surface area contributed by atoms with E-state index in [1.165, 1.54) is 29.0 Å². The van der Waals surface area contributed by atoms with Gasteiger partial charge in [0.15, 0.2) is 5.78 Å². The monoisotopic (exact) mass is 395 g/mol. The van der Waals surface area contributed by atoms with Crippen molar-refractivity contribution in [3.63, 3.8) is 0 Å². The number of amides is 1. The molecule has 1 atom stereocenters. The lowest BCUT2D eigenvalue weighted by atomic mass is 10.0. The number of benzene rings is 2. The number of carbonyl (C=O) groups is 2. The van der Waals surface area contributed by atoms with Crippen molar-refractivity contribution in [1.29, 1.82) is 0 Å². The molecule has 0 fully saturated rings. The lowest BCUT2D eigenvalue weighted by molar-refractivity contribution is -0.121. The molecule has 28 heavy (non-hydrogen) atoms. The second kappa shape index (κ2) is 9.42. The molecule has 0 bridgehead atoms. The average Bonchev–Trinajstić information content (AvgIpc) is 3.25. The van der Waals surface area contributed by atoms with Crippen molar-refractivity contribution in [2.45, 2.75) is 32.2 Å². The Morgan fingerprint density at radius 1 is 1.00 bits per heavy atom. The van der Waals surface area contributed by atoms with Crippen LogP contribution in [0.4, 0.5) is 4.39 Å². The highest BCUT2D eigenvalue weighted by Crippen LogP contribution is 2.26. The van der Waals surface area contributed by atoms with Crippen LogP contribution in [0.25, 0.3) is 0 Å². The number of aryl methyl sites for hydroxylation is 1. The lowest BCUT2D eigenvalue weighted by Crippen LogP contribution is -2.29. The van der Waals surface area contributed by atoms with Crippen LogP contribution in [0.15, 0.2) is 66.0 Å². The maximum atomic E-state index is 13.3. The number of ketones is 1. The van der Waals surface area contributed by atoms with Gasteiger partial charge in [-0.2, -0.15) is 0 Å². The minimum Gasteiger partial charge on any atom is -0.344 e. The Hall–Kier alpha value is -2.79. The molecule has 0 aliphatic rings. The first-order valence-electron chi connectivity index (χ1n) is 9.27. The molecular weight excluding hydrogens is 373 g/mol. The zero-order chi connectivity index (χ0) is 19.9. The van der Waals surface area contributed by atoms with Crippen molar-refractivity contribution in [2.24, 2.45) is 0 Å². The van der Waals surface area contributed by atoms with Crippen molar-refractivity contribution in [3.05, 3.63) is 93.4 Å². The highest BCUT2D eigenvalue weighted by atomic mass is 32.1. The van der Waals surface area contributed by atoms with Crippen LogP contribution in [-0.4, -0.2) is 11.7 Å². The minimum atomic E-state index is -0.355.